The highest BCUT2D eigenvalue weighted by molar-refractivity contribution is 5.64. The highest BCUT2D eigenvalue weighted by atomic mass is 16.5. The summed E-state index contributed by atoms with van der Waals surface area (Å²) >= 11 is 0. The van der Waals surface area contributed by atoms with Gasteiger partial charge in [-0.3, -0.25) is 9.51 Å². The molecule has 0 aliphatic rings. The third-order valence-electron chi connectivity index (χ3n) is 2.13. The number of hydrogen-bond donors (Lipinski definition) is 1. The van der Waals surface area contributed by atoms with E-state index in [-0.39, 0.29) is 0 Å². The first kappa shape index (κ1) is 10.5. The van der Waals surface area contributed by atoms with E-state index in [1.807, 2.05) is 32.0 Å². The van der Waals surface area contributed by atoms with Crippen LogP contribution >= 0.6 is 0 Å². The molecule has 0 aliphatic heterocycles. The average molecular weight is 220 g/mol. The number of H-pyrrole nitrogens is 1. The quantitative estimate of drug-likeness (QED) is 0.855. The van der Waals surface area contributed by atoms with Crippen LogP contribution < -0.4 is 10.5 Å². The zero-order chi connectivity index (χ0) is 11.5. The summed E-state index contributed by atoms with van der Waals surface area (Å²) < 4.78 is 9.94. The SMILES string of the molecule is CCOc1cc(C)ccc1-c1noc(=O)[nH]1. The number of ether oxygens (including phenoxy) is 1. The van der Waals surface area contributed by atoms with Crippen LogP contribution in [0, 0.1) is 6.92 Å². The van der Waals surface area contributed by atoms with E-state index in [1.165, 1.54) is 0 Å². The minimum atomic E-state index is -0.571. The van der Waals surface area contributed by atoms with Crippen molar-refractivity contribution in [1.82, 2.24) is 10.1 Å². The maximum absolute atomic E-state index is 10.9. The van der Waals surface area contributed by atoms with Gasteiger partial charge in [-0.25, -0.2) is 4.79 Å². The first-order valence-corrected chi connectivity index (χ1v) is 5.00. The fourth-order valence-electron chi connectivity index (χ4n) is 1.45. The minimum absolute atomic E-state index is 0.383. The molecule has 0 bridgehead atoms. The molecule has 0 radical (unpaired) electrons. The lowest BCUT2D eigenvalue weighted by Gasteiger charge is -2.08. The standard InChI is InChI=1S/C11H12N2O3/c1-3-15-9-6-7(2)4-5-8(9)10-12-11(14)16-13-10/h4-6H,3H2,1-2H3,(H,12,13,14). The summed E-state index contributed by atoms with van der Waals surface area (Å²) in [7, 11) is 0. The van der Waals surface area contributed by atoms with Crippen molar-refractivity contribution in [3.05, 3.63) is 34.3 Å². The molecule has 0 atom stereocenters. The summed E-state index contributed by atoms with van der Waals surface area (Å²) in [5, 5.41) is 3.64. The Kier molecular flexibility index (Phi) is 2.76. The summed E-state index contributed by atoms with van der Waals surface area (Å²) in [4.78, 5) is 13.4. The molecule has 16 heavy (non-hydrogen) atoms. The molecule has 1 aromatic heterocycles. The van der Waals surface area contributed by atoms with Gasteiger partial charge in [0.2, 0.25) is 0 Å². The average Bonchev–Trinajstić information content (AvgIpc) is 2.65. The van der Waals surface area contributed by atoms with E-state index in [0.717, 1.165) is 11.1 Å². The highest BCUT2D eigenvalue weighted by Gasteiger charge is 2.10. The fraction of sp³-hybridized carbons (Fsp3) is 0.273. The normalized spacial score (nSPS) is 10.4. The van der Waals surface area contributed by atoms with Gasteiger partial charge in [-0.1, -0.05) is 11.2 Å². The predicted molar refractivity (Wildman–Crippen MR) is 58.5 cm³/mol. The molecule has 0 saturated carbocycles. The van der Waals surface area contributed by atoms with Crippen molar-refractivity contribution in [3.8, 4) is 17.1 Å². The van der Waals surface area contributed by atoms with Crippen molar-refractivity contribution in [2.45, 2.75) is 13.8 Å². The number of nitrogens with one attached hydrogen (secondary N) is 1. The zero-order valence-electron chi connectivity index (χ0n) is 9.11. The molecular formula is C11H12N2O3. The Morgan fingerprint density at radius 3 is 2.94 bits per heavy atom. The second-order valence-electron chi connectivity index (χ2n) is 3.38. The second kappa shape index (κ2) is 4.22. The van der Waals surface area contributed by atoms with Crippen molar-refractivity contribution in [2.24, 2.45) is 0 Å². The molecule has 5 heteroatoms. The molecule has 1 aromatic carbocycles. The van der Waals surface area contributed by atoms with Crippen molar-refractivity contribution < 1.29 is 9.26 Å². The number of nitrogens with zero attached hydrogens (tertiary/aromatic N) is 1. The summed E-state index contributed by atoms with van der Waals surface area (Å²) in [6, 6.07) is 5.66. The van der Waals surface area contributed by atoms with E-state index in [1.54, 1.807) is 0 Å². The third-order valence-corrected chi connectivity index (χ3v) is 2.13. The van der Waals surface area contributed by atoms with Gasteiger partial charge in [0.1, 0.15) is 5.75 Å². The maximum Gasteiger partial charge on any atom is 0.439 e. The van der Waals surface area contributed by atoms with E-state index < -0.39 is 5.76 Å². The van der Waals surface area contributed by atoms with E-state index >= 15 is 0 Å². The molecule has 0 aliphatic carbocycles. The third kappa shape index (κ3) is 1.98. The van der Waals surface area contributed by atoms with Gasteiger partial charge in [0, 0.05) is 0 Å². The van der Waals surface area contributed by atoms with Gasteiger partial charge in [0.05, 0.1) is 12.2 Å². The van der Waals surface area contributed by atoms with Gasteiger partial charge in [0.15, 0.2) is 5.82 Å². The number of aryl methyl sites for hydroxylation is 1. The Labute approximate surface area is 92.0 Å². The zero-order valence-corrected chi connectivity index (χ0v) is 9.11. The van der Waals surface area contributed by atoms with E-state index in [9.17, 15) is 4.79 Å². The second-order valence-corrected chi connectivity index (χ2v) is 3.38. The van der Waals surface area contributed by atoms with Crippen LogP contribution in [0.1, 0.15) is 12.5 Å². The molecule has 5 nitrogen and oxygen atoms in total. The molecule has 1 N–H and O–H groups in total. The van der Waals surface area contributed by atoms with Crippen LogP contribution in [0.5, 0.6) is 5.75 Å². The summed E-state index contributed by atoms with van der Waals surface area (Å²) in [6.07, 6.45) is 0. The fourth-order valence-corrected chi connectivity index (χ4v) is 1.45. The number of aromatic nitrogens is 2. The van der Waals surface area contributed by atoms with Crippen LogP contribution in [0.25, 0.3) is 11.4 Å². The number of aromatic amines is 1. The van der Waals surface area contributed by atoms with Gasteiger partial charge < -0.3 is 4.74 Å². The molecule has 84 valence electrons. The Morgan fingerprint density at radius 2 is 2.31 bits per heavy atom. The van der Waals surface area contributed by atoms with Crippen LogP contribution in [0.3, 0.4) is 0 Å². The lowest BCUT2D eigenvalue weighted by Crippen LogP contribution is -1.98. The lowest BCUT2D eigenvalue weighted by atomic mass is 10.1. The van der Waals surface area contributed by atoms with Gasteiger partial charge in [-0.05, 0) is 31.5 Å². The number of hydrogen-bond acceptors (Lipinski definition) is 4. The van der Waals surface area contributed by atoms with Crippen molar-refractivity contribution in [3.63, 3.8) is 0 Å². The van der Waals surface area contributed by atoms with Crippen LogP contribution in [0.2, 0.25) is 0 Å². The summed E-state index contributed by atoms with van der Waals surface area (Å²) in [5.41, 5.74) is 1.80. The topological polar surface area (TPSA) is 68.1 Å². The Hall–Kier alpha value is -2.04. The van der Waals surface area contributed by atoms with Crippen molar-refractivity contribution >= 4 is 0 Å². The smallest absolute Gasteiger partial charge is 0.439 e. The van der Waals surface area contributed by atoms with E-state index in [4.69, 9.17) is 4.74 Å². The molecular weight excluding hydrogens is 208 g/mol. The number of rotatable bonds is 3. The lowest BCUT2D eigenvalue weighted by molar-refractivity contribution is 0.340. The first-order chi connectivity index (χ1) is 7.70. The molecule has 0 unspecified atom stereocenters. The van der Waals surface area contributed by atoms with Crippen LogP contribution in [0.4, 0.5) is 0 Å². The molecule has 2 aromatic rings. The van der Waals surface area contributed by atoms with Crippen molar-refractivity contribution in [2.75, 3.05) is 6.61 Å². The molecule has 0 amide bonds. The van der Waals surface area contributed by atoms with Crippen LogP contribution in [0.15, 0.2) is 27.5 Å². The van der Waals surface area contributed by atoms with Gasteiger partial charge in [-0.15, -0.1) is 0 Å². The maximum atomic E-state index is 10.9. The first-order valence-electron chi connectivity index (χ1n) is 5.00. The monoisotopic (exact) mass is 220 g/mol. The Morgan fingerprint density at radius 1 is 1.50 bits per heavy atom. The van der Waals surface area contributed by atoms with E-state index in [0.29, 0.717) is 18.2 Å². The predicted octanol–water partition coefficient (Wildman–Crippen LogP) is 1.74. The molecule has 1 heterocycles. The van der Waals surface area contributed by atoms with E-state index in [2.05, 4.69) is 14.7 Å². The number of benzene rings is 1. The van der Waals surface area contributed by atoms with Gasteiger partial charge in [0.25, 0.3) is 0 Å². The van der Waals surface area contributed by atoms with Crippen LogP contribution in [-0.4, -0.2) is 16.7 Å². The van der Waals surface area contributed by atoms with Crippen molar-refractivity contribution in [1.29, 1.82) is 0 Å². The Bertz CT molecular complexity index is 542. The summed E-state index contributed by atoms with van der Waals surface area (Å²) in [6.45, 7) is 4.42. The highest BCUT2D eigenvalue weighted by Crippen LogP contribution is 2.27. The summed E-state index contributed by atoms with van der Waals surface area (Å²) in [5.74, 6) is 0.499. The molecule has 0 saturated heterocycles. The van der Waals surface area contributed by atoms with Crippen LogP contribution in [-0.2, 0) is 0 Å². The van der Waals surface area contributed by atoms with Gasteiger partial charge in [-0.2, -0.15) is 0 Å². The molecule has 0 fully saturated rings. The molecule has 2 rings (SSSR count). The Balaban J connectivity index is 2.51. The largest absolute Gasteiger partial charge is 0.493 e. The molecule has 0 spiro atoms. The minimum Gasteiger partial charge on any atom is -0.493 e. The van der Waals surface area contributed by atoms with Gasteiger partial charge >= 0.3 is 5.76 Å².